The smallest absolute Gasteiger partial charge is 0.260 e. The number of aliphatic hydroxyl groups excluding tert-OH is 1. The molecule has 2 aromatic rings. The van der Waals surface area contributed by atoms with Crippen LogP contribution in [0.25, 0.3) is 0 Å². The van der Waals surface area contributed by atoms with Gasteiger partial charge in [0.15, 0.2) is 5.03 Å². The van der Waals surface area contributed by atoms with E-state index in [1.165, 1.54) is 16.6 Å². The number of nitrogens with one attached hydrogen (secondary N) is 1. The van der Waals surface area contributed by atoms with Crippen molar-refractivity contribution in [3.8, 4) is 0 Å². The topological polar surface area (TPSA) is 126 Å². The fourth-order valence-corrected chi connectivity index (χ4v) is 4.80. The number of sulfonamides is 1. The molecule has 1 aliphatic rings. The highest BCUT2D eigenvalue weighted by Crippen LogP contribution is 2.19. The Labute approximate surface area is 183 Å². The average Bonchev–Trinajstić information content (AvgIpc) is 2.91. The minimum absolute atomic E-state index is 0. The number of aliphatic hydroxyl groups is 1. The van der Waals surface area contributed by atoms with E-state index in [1.54, 1.807) is 12.1 Å². The van der Waals surface area contributed by atoms with Gasteiger partial charge in [-0.15, -0.1) is 12.4 Å². The summed E-state index contributed by atoms with van der Waals surface area (Å²) in [7, 11) is -3.80. The van der Waals surface area contributed by atoms with Crippen LogP contribution in [0.3, 0.4) is 0 Å². The zero-order valence-electron chi connectivity index (χ0n) is 16.4. The fraction of sp³-hybridized carbons (Fsp3) is 0.400. The molecule has 3 rings (SSSR count). The summed E-state index contributed by atoms with van der Waals surface area (Å²) in [6.45, 7) is 0.135. The summed E-state index contributed by atoms with van der Waals surface area (Å²) in [6, 6.07) is 12.8. The number of hydrogen-bond donors (Lipinski definition) is 3. The van der Waals surface area contributed by atoms with Crippen molar-refractivity contribution in [1.82, 2.24) is 14.6 Å². The lowest BCUT2D eigenvalue weighted by Gasteiger charge is -2.25. The number of β-amino-alcohol motifs (C(OH)–C–C–N with tert-alkyl or cyclic N) is 1. The summed E-state index contributed by atoms with van der Waals surface area (Å²) < 4.78 is 26.8. The van der Waals surface area contributed by atoms with Crippen LogP contribution in [0.2, 0.25) is 0 Å². The van der Waals surface area contributed by atoms with Gasteiger partial charge >= 0.3 is 0 Å². The molecule has 3 atom stereocenters. The number of hydrogen-bond acceptors (Lipinski definition) is 6. The summed E-state index contributed by atoms with van der Waals surface area (Å²) in [4.78, 5) is 16.4. The molecule has 0 saturated carbocycles. The van der Waals surface area contributed by atoms with Crippen LogP contribution < -0.4 is 11.1 Å². The Balaban J connectivity index is 0.00000320. The van der Waals surface area contributed by atoms with Crippen molar-refractivity contribution >= 4 is 28.3 Å². The monoisotopic (exact) mass is 454 g/mol. The number of nitrogens with zero attached hydrogens (tertiary/aromatic N) is 2. The molecule has 8 nitrogen and oxygen atoms in total. The van der Waals surface area contributed by atoms with E-state index >= 15 is 0 Å². The number of nitrogens with two attached hydrogens (primary N) is 1. The van der Waals surface area contributed by atoms with Crippen molar-refractivity contribution in [3.63, 3.8) is 0 Å². The van der Waals surface area contributed by atoms with Crippen molar-refractivity contribution in [2.24, 2.45) is 5.73 Å². The highest BCUT2D eigenvalue weighted by Gasteiger charge is 2.34. The quantitative estimate of drug-likeness (QED) is 0.590. The summed E-state index contributed by atoms with van der Waals surface area (Å²) in [5.41, 5.74) is 6.96. The van der Waals surface area contributed by atoms with Crippen LogP contribution in [-0.4, -0.2) is 60.0 Å². The summed E-state index contributed by atoms with van der Waals surface area (Å²) in [5.74, 6) is -0.362. The molecule has 2 unspecified atom stereocenters. The van der Waals surface area contributed by atoms with Crippen LogP contribution >= 0.6 is 12.4 Å². The second kappa shape index (κ2) is 10.8. The van der Waals surface area contributed by atoms with Gasteiger partial charge in [-0.05, 0) is 37.0 Å². The van der Waals surface area contributed by atoms with Crippen molar-refractivity contribution < 1.29 is 18.3 Å². The number of benzene rings is 1. The Bertz CT molecular complexity index is 915. The highest BCUT2D eigenvalue weighted by molar-refractivity contribution is 7.89. The van der Waals surface area contributed by atoms with E-state index in [1.807, 2.05) is 30.3 Å². The van der Waals surface area contributed by atoms with Gasteiger partial charge in [0, 0.05) is 19.3 Å². The number of carbonyl (C=O) groups is 1. The van der Waals surface area contributed by atoms with Gasteiger partial charge in [-0.2, -0.15) is 4.31 Å². The van der Waals surface area contributed by atoms with Crippen molar-refractivity contribution in [1.29, 1.82) is 0 Å². The SMILES string of the molecule is Cl.N[C@@H](Cc1ccccc1)C(=O)NC1CCCN(S(=O)(=O)c2ccccn2)CC1O. The lowest BCUT2D eigenvalue weighted by atomic mass is 10.0. The standard InChI is InChI=1S/C20H26N4O4S.ClH/c21-16(13-15-7-2-1-3-8-15)20(26)23-17-9-6-12-24(14-18(17)25)29(27,28)19-10-4-5-11-22-19;/h1-5,7-8,10-11,16-18,25H,6,9,12-14,21H2,(H,23,26);1H/t16-,17?,18?;/m0./s1. The number of rotatable bonds is 6. The van der Waals surface area contributed by atoms with E-state index in [0.717, 1.165) is 5.56 Å². The molecule has 0 spiro atoms. The van der Waals surface area contributed by atoms with Gasteiger partial charge in [0.2, 0.25) is 5.91 Å². The van der Waals surface area contributed by atoms with E-state index in [2.05, 4.69) is 10.3 Å². The molecule has 0 radical (unpaired) electrons. The second-order valence-corrected chi connectivity index (χ2v) is 9.04. The average molecular weight is 455 g/mol. The normalized spacial score (nSPS) is 21.1. The molecule has 1 fully saturated rings. The molecule has 164 valence electrons. The first kappa shape index (κ1) is 24.2. The largest absolute Gasteiger partial charge is 0.390 e. The molecule has 10 heteroatoms. The number of pyridine rings is 1. The molecule has 2 heterocycles. The van der Waals surface area contributed by atoms with Crippen LogP contribution in [0, 0.1) is 0 Å². The Kier molecular flexibility index (Phi) is 8.75. The molecule has 1 amide bonds. The van der Waals surface area contributed by atoms with Gasteiger partial charge in [0.05, 0.1) is 18.2 Å². The molecule has 30 heavy (non-hydrogen) atoms. The zero-order valence-corrected chi connectivity index (χ0v) is 18.1. The fourth-order valence-electron chi connectivity index (χ4n) is 3.38. The molecule has 1 aliphatic heterocycles. The maximum atomic E-state index is 12.8. The number of aromatic nitrogens is 1. The van der Waals surface area contributed by atoms with E-state index in [9.17, 15) is 18.3 Å². The van der Waals surface area contributed by atoms with Crippen LogP contribution in [-0.2, 0) is 21.2 Å². The van der Waals surface area contributed by atoms with Gasteiger partial charge in [-0.1, -0.05) is 36.4 Å². The maximum absolute atomic E-state index is 12.8. The van der Waals surface area contributed by atoms with Crippen LogP contribution in [0.4, 0.5) is 0 Å². The van der Waals surface area contributed by atoms with Crippen LogP contribution in [0.5, 0.6) is 0 Å². The van der Waals surface area contributed by atoms with Crippen LogP contribution in [0.1, 0.15) is 18.4 Å². The Morgan fingerprint density at radius 2 is 1.93 bits per heavy atom. The maximum Gasteiger partial charge on any atom is 0.260 e. The van der Waals surface area contributed by atoms with E-state index < -0.39 is 28.2 Å². The third-order valence-corrected chi connectivity index (χ3v) is 6.76. The predicted molar refractivity (Wildman–Crippen MR) is 116 cm³/mol. The van der Waals surface area contributed by atoms with Crippen LogP contribution in [0.15, 0.2) is 59.8 Å². The van der Waals surface area contributed by atoms with Gasteiger partial charge in [-0.25, -0.2) is 13.4 Å². The zero-order chi connectivity index (χ0) is 20.9. The first-order chi connectivity index (χ1) is 13.9. The Morgan fingerprint density at radius 3 is 2.60 bits per heavy atom. The van der Waals surface area contributed by atoms with Gasteiger partial charge < -0.3 is 16.2 Å². The second-order valence-electron chi connectivity index (χ2n) is 7.15. The van der Waals surface area contributed by atoms with Crippen molar-refractivity contribution in [2.45, 2.75) is 42.5 Å². The van der Waals surface area contributed by atoms with E-state index in [0.29, 0.717) is 19.3 Å². The molecule has 1 aromatic heterocycles. The Morgan fingerprint density at radius 1 is 1.23 bits per heavy atom. The van der Waals surface area contributed by atoms with Gasteiger partial charge in [0.25, 0.3) is 10.0 Å². The molecule has 4 N–H and O–H groups in total. The van der Waals surface area contributed by atoms with Gasteiger partial charge in [-0.3, -0.25) is 4.79 Å². The molecule has 0 aliphatic carbocycles. The minimum atomic E-state index is -3.80. The lowest BCUT2D eigenvalue weighted by molar-refractivity contribution is -0.123. The minimum Gasteiger partial charge on any atom is -0.390 e. The number of amides is 1. The van der Waals surface area contributed by atoms with Crippen molar-refractivity contribution in [2.75, 3.05) is 13.1 Å². The first-order valence-corrected chi connectivity index (χ1v) is 11.0. The molecule has 1 aromatic carbocycles. The summed E-state index contributed by atoms with van der Waals surface area (Å²) in [5, 5.41) is 13.3. The summed E-state index contributed by atoms with van der Waals surface area (Å²) >= 11 is 0. The van der Waals surface area contributed by atoms with Crippen molar-refractivity contribution in [3.05, 3.63) is 60.3 Å². The number of halogens is 1. The molecular weight excluding hydrogens is 428 g/mol. The third kappa shape index (κ3) is 5.99. The predicted octanol–water partition coefficient (Wildman–Crippen LogP) is 0.704. The summed E-state index contributed by atoms with van der Waals surface area (Å²) in [6.07, 6.45) is 1.72. The number of carbonyl (C=O) groups excluding carboxylic acids is 1. The van der Waals surface area contributed by atoms with Gasteiger partial charge in [0.1, 0.15) is 0 Å². The lowest BCUT2D eigenvalue weighted by Crippen LogP contribution is -2.52. The first-order valence-electron chi connectivity index (χ1n) is 9.57. The third-order valence-electron chi connectivity index (χ3n) is 4.98. The van der Waals surface area contributed by atoms with E-state index in [-0.39, 0.29) is 36.4 Å². The van der Waals surface area contributed by atoms with E-state index in [4.69, 9.17) is 5.73 Å². The molecule has 0 bridgehead atoms. The Hall–Kier alpha value is -2.04. The highest BCUT2D eigenvalue weighted by atomic mass is 35.5. The molecule has 1 saturated heterocycles. The molecular formula is C20H27ClN4O4S.